The average molecular weight is 376 g/mol. The number of aromatic nitrogens is 2. The van der Waals surface area contributed by atoms with Crippen LogP contribution in [-0.4, -0.2) is 22.1 Å². The molecule has 3 aromatic rings. The maximum absolute atomic E-state index is 12.9. The third-order valence-corrected chi connectivity index (χ3v) is 4.03. The summed E-state index contributed by atoms with van der Waals surface area (Å²) >= 11 is 3.47. The summed E-state index contributed by atoms with van der Waals surface area (Å²) in [6.45, 7) is 1.20. The second kappa shape index (κ2) is 7.02. The lowest BCUT2D eigenvalue weighted by Crippen LogP contribution is -2.17. The fourth-order valence-corrected chi connectivity index (χ4v) is 2.70. The molecule has 118 valence electrons. The average Bonchev–Trinajstić information content (AvgIpc) is 2.98. The normalized spacial score (nSPS) is 11.1. The molecule has 3 rings (SSSR count). The van der Waals surface area contributed by atoms with Crippen molar-refractivity contribution in [2.75, 3.05) is 7.05 Å². The van der Waals surface area contributed by atoms with E-state index >= 15 is 0 Å². The highest BCUT2D eigenvalue weighted by atomic mass is 79.9. The van der Waals surface area contributed by atoms with Crippen LogP contribution in [0.1, 0.15) is 11.5 Å². The van der Waals surface area contributed by atoms with E-state index in [1.54, 1.807) is 12.1 Å². The van der Waals surface area contributed by atoms with Gasteiger partial charge in [0, 0.05) is 11.0 Å². The molecule has 1 aromatic heterocycles. The van der Waals surface area contributed by atoms with Gasteiger partial charge in [0.1, 0.15) is 5.82 Å². The van der Waals surface area contributed by atoms with Crippen molar-refractivity contribution in [1.82, 2.24) is 15.1 Å². The molecule has 4 nitrogen and oxygen atoms in total. The number of nitrogens with zero attached hydrogens (tertiary/aromatic N) is 3. The smallest absolute Gasteiger partial charge is 0.248 e. The molecule has 0 bridgehead atoms. The molecular weight excluding hydrogens is 361 g/mol. The lowest BCUT2D eigenvalue weighted by atomic mass is 10.2. The Hall–Kier alpha value is -2.05. The maximum atomic E-state index is 12.9. The van der Waals surface area contributed by atoms with E-state index in [9.17, 15) is 4.39 Å². The molecule has 6 heteroatoms. The Kier molecular flexibility index (Phi) is 4.83. The van der Waals surface area contributed by atoms with E-state index in [0.29, 0.717) is 24.9 Å². The van der Waals surface area contributed by atoms with E-state index in [4.69, 9.17) is 4.42 Å². The molecule has 0 unspecified atom stereocenters. The Balaban J connectivity index is 1.67. The first-order valence-corrected chi connectivity index (χ1v) is 7.91. The third-order valence-electron chi connectivity index (χ3n) is 3.34. The van der Waals surface area contributed by atoms with Crippen molar-refractivity contribution >= 4 is 15.9 Å². The molecule has 0 saturated carbocycles. The Morgan fingerprint density at radius 2 is 1.78 bits per heavy atom. The Bertz CT molecular complexity index is 789. The SMILES string of the molecule is CN(Cc1ccc(F)cc1)Cc1nnc(-c2ccccc2Br)o1. The zero-order chi connectivity index (χ0) is 16.2. The van der Waals surface area contributed by atoms with Gasteiger partial charge in [-0.05, 0) is 52.8 Å². The second-order valence-electron chi connectivity index (χ2n) is 5.28. The first-order valence-electron chi connectivity index (χ1n) is 7.12. The van der Waals surface area contributed by atoms with Crippen LogP contribution in [0.2, 0.25) is 0 Å². The van der Waals surface area contributed by atoms with E-state index in [0.717, 1.165) is 15.6 Å². The van der Waals surface area contributed by atoms with Crippen molar-refractivity contribution in [1.29, 1.82) is 0 Å². The summed E-state index contributed by atoms with van der Waals surface area (Å²) in [5, 5.41) is 8.19. The van der Waals surface area contributed by atoms with Gasteiger partial charge in [-0.1, -0.05) is 24.3 Å². The van der Waals surface area contributed by atoms with Gasteiger partial charge in [-0.2, -0.15) is 0 Å². The van der Waals surface area contributed by atoms with Gasteiger partial charge in [-0.25, -0.2) is 4.39 Å². The molecule has 0 aliphatic carbocycles. The van der Waals surface area contributed by atoms with Crippen LogP contribution < -0.4 is 0 Å². The first kappa shape index (κ1) is 15.8. The molecule has 0 radical (unpaired) electrons. The minimum absolute atomic E-state index is 0.230. The summed E-state index contributed by atoms with van der Waals surface area (Å²) in [6.07, 6.45) is 0. The van der Waals surface area contributed by atoms with E-state index in [2.05, 4.69) is 26.1 Å². The van der Waals surface area contributed by atoms with E-state index < -0.39 is 0 Å². The highest BCUT2D eigenvalue weighted by molar-refractivity contribution is 9.10. The van der Waals surface area contributed by atoms with Crippen LogP contribution in [0.5, 0.6) is 0 Å². The van der Waals surface area contributed by atoms with Crippen LogP contribution in [0.25, 0.3) is 11.5 Å². The monoisotopic (exact) mass is 375 g/mol. The summed E-state index contributed by atoms with van der Waals surface area (Å²) in [4.78, 5) is 2.03. The topological polar surface area (TPSA) is 42.2 Å². The second-order valence-corrected chi connectivity index (χ2v) is 6.13. The largest absolute Gasteiger partial charge is 0.419 e. The highest BCUT2D eigenvalue weighted by Gasteiger charge is 2.12. The molecule has 0 aliphatic heterocycles. The number of halogens is 2. The number of rotatable bonds is 5. The summed E-state index contributed by atoms with van der Waals surface area (Å²) < 4.78 is 19.6. The van der Waals surface area contributed by atoms with Crippen LogP contribution in [0.4, 0.5) is 4.39 Å². The van der Waals surface area contributed by atoms with Gasteiger partial charge in [0.25, 0.3) is 0 Å². The molecule has 0 amide bonds. The molecular formula is C17H15BrFN3O. The zero-order valence-corrected chi connectivity index (χ0v) is 14.1. The van der Waals surface area contributed by atoms with E-state index in [-0.39, 0.29) is 5.82 Å². The van der Waals surface area contributed by atoms with Crippen molar-refractivity contribution < 1.29 is 8.81 Å². The van der Waals surface area contributed by atoms with Crippen LogP contribution in [0.15, 0.2) is 57.4 Å². The van der Waals surface area contributed by atoms with Gasteiger partial charge in [0.15, 0.2) is 0 Å². The Morgan fingerprint density at radius 3 is 2.52 bits per heavy atom. The summed E-state index contributed by atoms with van der Waals surface area (Å²) in [5.74, 6) is 0.800. The van der Waals surface area contributed by atoms with Gasteiger partial charge in [0.2, 0.25) is 11.8 Å². The zero-order valence-electron chi connectivity index (χ0n) is 12.5. The molecule has 2 aromatic carbocycles. The molecule has 0 aliphatic rings. The predicted octanol–water partition coefficient (Wildman–Crippen LogP) is 4.27. The van der Waals surface area contributed by atoms with Crippen LogP contribution in [0, 0.1) is 5.82 Å². The number of benzene rings is 2. The van der Waals surface area contributed by atoms with Crippen molar-refractivity contribution in [2.45, 2.75) is 13.1 Å². The van der Waals surface area contributed by atoms with Crippen LogP contribution in [-0.2, 0) is 13.1 Å². The van der Waals surface area contributed by atoms with Crippen molar-refractivity contribution in [3.8, 4) is 11.5 Å². The van der Waals surface area contributed by atoms with Gasteiger partial charge >= 0.3 is 0 Å². The lowest BCUT2D eigenvalue weighted by molar-refractivity contribution is 0.282. The van der Waals surface area contributed by atoms with E-state index in [1.165, 1.54) is 12.1 Å². The van der Waals surface area contributed by atoms with Crippen molar-refractivity contribution in [3.05, 3.63) is 70.3 Å². The number of hydrogen-bond donors (Lipinski definition) is 0. The maximum Gasteiger partial charge on any atom is 0.248 e. The van der Waals surface area contributed by atoms with Gasteiger partial charge in [-0.3, -0.25) is 4.90 Å². The molecule has 1 heterocycles. The summed E-state index contributed by atoms with van der Waals surface area (Å²) in [6, 6.07) is 14.2. The van der Waals surface area contributed by atoms with Crippen molar-refractivity contribution in [2.24, 2.45) is 0 Å². The third kappa shape index (κ3) is 4.03. The highest BCUT2D eigenvalue weighted by Crippen LogP contribution is 2.26. The first-order chi connectivity index (χ1) is 11.1. The summed E-state index contributed by atoms with van der Waals surface area (Å²) in [5.41, 5.74) is 1.90. The van der Waals surface area contributed by atoms with Gasteiger partial charge in [0.05, 0.1) is 12.1 Å². The standard InChI is InChI=1S/C17H15BrFN3O/c1-22(10-12-6-8-13(19)9-7-12)11-16-20-21-17(23-16)14-4-2-3-5-15(14)18/h2-9H,10-11H2,1H3. The Morgan fingerprint density at radius 1 is 1.04 bits per heavy atom. The Labute approximate surface area is 142 Å². The van der Waals surface area contributed by atoms with Crippen LogP contribution >= 0.6 is 15.9 Å². The van der Waals surface area contributed by atoms with Gasteiger partial charge < -0.3 is 4.42 Å². The minimum Gasteiger partial charge on any atom is -0.419 e. The van der Waals surface area contributed by atoms with Crippen LogP contribution in [0.3, 0.4) is 0 Å². The fraction of sp³-hybridized carbons (Fsp3) is 0.176. The van der Waals surface area contributed by atoms with Gasteiger partial charge in [-0.15, -0.1) is 10.2 Å². The molecule has 0 N–H and O–H groups in total. The van der Waals surface area contributed by atoms with E-state index in [1.807, 2.05) is 36.2 Å². The molecule has 0 fully saturated rings. The minimum atomic E-state index is -0.230. The summed E-state index contributed by atoms with van der Waals surface area (Å²) in [7, 11) is 1.95. The van der Waals surface area contributed by atoms with Crippen molar-refractivity contribution in [3.63, 3.8) is 0 Å². The quantitative estimate of drug-likeness (QED) is 0.667. The molecule has 23 heavy (non-hydrogen) atoms. The molecule has 0 atom stereocenters. The molecule has 0 spiro atoms. The fourth-order valence-electron chi connectivity index (χ4n) is 2.25. The predicted molar refractivity (Wildman–Crippen MR) is 89.0 cm³/mol. The number of hydrogen-bond acceptors (Lipinski definition) is 4. The lowest BCUT2D eigenvalue weighted by Gasteiger charge is -2.14. The molecule has 0 saturated heterocycles.